The molecule has 0 bridgehead atoms. The number of nitrogens with two attached hydrogens (primary N) is 1. The van der Waals surface area contributed by atoms with Crippen molar-refractivity contribution in [3.8, 4) is 0 Å². The zero-order valence-corrected chi connectivity index (χ0v) is 13.6. The molecule has 0 atom stereocenters. The molecule has 1 rings (SSSR count). The fraction of sp³-hybridized carbons (Fsp3) is 0.769. The maximum Gasteiger partial charge on any atom is 0.188 e. The summed E-state index contributed by atoms with van der Waals surface area (Å²) in [4.78, 5) is 4.35. The van der Waals surface area contributed by atoms with E-state index >= 15 is 0 Å². The first-order chi connectivity index (χ1) is 7.47. The van der Waals surface area contributed by atoms with E-state index in [0.717, 1.165) is 13.0 Å². The molecule has 0 amide bonds. The second-order valence-corrected chi connectivity index (χ2v) is 5.50. The van der Waals surface area contributed by atoms with Crippen LogP contribution < -0.4 is 11.1 Å². The molecule has 0 saturated heterocycles. The molecule has 0 aliphatic heterocycles. The second-order valence-electron chi connectivity index (χ2n) is 5.50. The number of nitrogens with one attached hydrogen (secondary N) is 1. The third kappa shape index (κ3) is 8.46. The van der Waals surface area contributed by atoms with Crippen LogP contribution in [0.4, 0.5) is 0 Å². The van der Waals surface area contributed by atoms with Crippen molar-refractivity contribution in [2.45, 2.75) is 58.4 Å². The molecule has 0 aromatic carbocycles. The molecule has 0 aromatic rings. The van der Waals surface area contributed by atoms with Gasteiger partial charge in [-0.15, -0.1) is 24.0 Å². The third-order valence-corrected chi connectivity index (χ3v) is 2.60. The van der Waals surface area contributed by atoms with Gasteiger partial charge in [-0.1, -0.05) is 11.6 Å². The van der Waals surface area contributed by atoms with Crippen molar-refractivity contribution in [3.05, 3.63) is 11.6 Å². The molecule has 1 aliphatic rings. The highest BCUT2D eigenvalue weighted by Crippen LogP contribution is 2.19. The van der Waals surface area contributed by atoms with Crippen LogP contribution in [0.3, 0.4) is 0 Å². The number of nitrogens with zero attached hydrogens (tertiary/aromatic N) is 1. The molecule has 0 saturated carbocycles. The van der Waals surface area contributed by atoms with Gasteiger partial charge in [0.05, 0.1) is 0 Å². The predicted octanol–water partition coefficient (Wildman–Crippen LogP) is 3.20. The topological polar surface area (TPSA) is 50.4 Å². The Labute approximate surface area is 122 Å². The average Bonchev–Trinajstić information content (AvgIpc) is 2.16. The molecule has 0 aromatic heterocycles. The SMILES string of the molecule is CC(C)(C)NC(N)=NCCC1=CCCCC1.I. The van der Waals surface area contributed by atoms with Gasteiger partial charge in [-0.25, -0.2) is 0 Å². The molecule has 1 aliphatic carbocycles. The summed E-state index contributed by atoms with van der Waals surface area (Å²) in [5, 5.41) is 3.17. The van der Waals surface area contributed by atoms with Gasteiger partial charge in [0.15, 0.2) is 5.96 Å². The average molecular weight is 351 g/mol. The van der Waals surface area contributed by atoms with Crippen LogP contribution in [0.15, 0.2) is 16.6 Å². The van der Waals surface area contributed by atoms with Crippen LogP contribution in [0, 0.1) is 0 Å². The zero-order chi connectivity index (χ0) is 12.0. The van der Waals surface area contributed by atoms with E-state index in [1.807, 2.05) is 0 Å². The standard InChI is InChI=1S/C13H25N3.HI/c1-13(2,3)16-12(14)15-10-9-11-7-5-4-6-8-11;/h7H,4-6,8-10H2,1-3H3,(H3,14,15,16);1H. The maximum atomic E-state index is 5.79. The normalized spacial score (nSPS) is 17.1. The fourth-order valence-corrected chi connectivity index (χ4v) is 1.88. The van der Waals surface area contributed by atoms with E-state index in [2.05, 4.69) is 37.2 Å². The van der Waals surface area contributed by atoms with Crippen molar-refractivity contribution in [1.82, 2.24) is 5.32 Å². The van der Waals surface area contributed by atoms with E-state index in [1.165, 1.54) is 25.7 Å². The van der Waals surface area contributed by atoms with Crippen molar-refractivity contribution in [1.29, 1.82) is 0 Å². The van der Waals surface area contributed by atoms with Gasteiger partial charge in [-0.05, 0) is 52.9 Å². The van der Waals surface area contributed by atoms with Crippen LogP contribution in [0.5, 0.6) is 0 Å². The van der Waals surface area contributed by atoms with Crippen LogP contribution in [0.25, 0.3) is 0 Å². The Morgan fingerprint density at radius 2 is 2.12 bits per heavy atom. The van der Waals surface area contributed by atoms with Gasteiger partial charge in [-0.2, -0.15) is 0 Å². The summed E-state index contributed by atoms with van der Waals surface area (Å²) in [6.45, 7) is 7.05. The minimum atomic E-state index is -0.00229. The lowest BCUT2D eigenvalue weighted by Gasteiger charge is -2.21. The lowest BCUT2D eigenvalue weighted by molar-refractivity contribution is 0.508. The Balaban J connectivity index is 0.00000256. The highest BCUT2D eigenvalue weighted by molar-refractivity contribution is 14.0. The number of guanidine groups is 1. The Hall–Kier alpha value is -0.260. The first kappa shape index (κ1) is 16.7. The number of halogens is 1. The lowest BCUT2D eigenvalue weighted by Crippen LogP contribution is -2.45. The minimum Gasteiger partial charge on any atom is -0.370 e. The van der Waals surface area contributed by atoms with Crippen molar-refractivity contribution in [2.24, 2.45) is 10.7 Å². The van der Waals surface area contributed by atoms with Gasteiger partial charge in [0.1, 0.15) is 0 Å². The molecule has 3 N–H and O–H groups in total. The van der Waals surface area contributed by atoms with Gasteiger partial charge in [0.25, 0.3) is 0 Å². The van der Waals surface area contributed by atoms with Crippen LogP contribution in [0.1, 0.15) is 52.9 Å². The van der Waals surface area contributed by atoms with E-state index in [0.29, 0.717) is 5.96 Å². The fourth-order valence-electron chi connectivity index (χ4n) is 1.88. The molecule has 100 valence electrons. The quantitative estimate of drug-likeness (QED) is 0.355. The summed E-state index contributed by atoms with van der Waals surface area (Å²) in [6, 6.07) is 0. The van der Waals surface area contributed by atoms with E-state index < -0.39 is 0 Å². The van der Waals surface area contributed by atoms with Crippen LogP contribution in [-0.2, 0) is 0 Å². The van der Waals surface area contributed by atoms with Gasteiger partial charge in [-0.3, -0.25) is 4.99 Å². The molecule has 0 spiro atoms. The number of hydrogen-bond acceptors (Lipinski definition) is 1. The van der Waals surface area contributed by atoms with Gasteiger partial charge < -0.3 is 11.1 Å². The summed E-state index contributed by atoms with van der Waals surface area (Å²) >= 11 is 0. The number of allylic oxidation sites excluding steroid dienone is 1. The third-order valence-electron chi connectivity index (χ3n) is 2.60. The van der Waals surface area contributed by atoms with Crippen LogP contribution in [0.2, 0.25) is 0 Å². The zero-order valence-electron chi connectivity index (χ0n) is 11.3. The van der Waals surface area contributed by atoms with Crippen molar-refractivity contribution in [2.75, 3.05) is 6.54 Å². The van der Waals surface area contributed by atoms with E-state index in [9.17, 15) is 0 Å². The van der Waals surface area contributed by atoms with Gasteiger partial charge >= 0.3 is 0 Å². The predicted molar refractivity (Wildman–Crippen MR) is 86.0 cm³/mol. The summed E-state index contributed by atoms with van der Waals surface area (Å²) in [7, 11) is 0. The Morgan fingerprint density at radius 3 is 2.65 bits per heavy atom. The smallest absolute Gasteiger partial charge is 0.188 e. The molecular formula is C13H26IN3. The number of rotatable bonds is 3. The monoisotopic (exact) mass is 351 g/mol. The Bertz CT molecular complexity index is 277. The van der Waals surface area contributed by atoms with Crippen LogP contribution in [-0.4, -0.2) is 18.0 Å². The second kappa shape index (κ2) is 7.95. The van der Waals surface area contributed by atoms with E-state index in [1.54, 1.807) is 5.57 Å². The Morgan fingerprint density at radius 1 is 1.41 bits per heavy atom. The highest BCUT2D eigenvalue weighted by Gasteiger charge is 2.09. The van der Waals surface area contributed by atoms with Crippen molar-refractivity contribution < 1.29 is 0 Å². The highest BCUT2D eigenvalue weighted by atomic mass is 127. The van der Waals surface area contributed by atoms with E-state index in [4.69, 9.17) is 5.73 Å². The van der Waals surface area contributed by atoms with Crippen molar-refractivity contribution >= 4 is 29.9 Å². The minimum absolute atomic E-state index is 0. The number of aliphatic imine (C=N–C) groups is 1. The summed E-state index contributed by atoms with van der Waals surface area (Å²) in [6.07, 6.45) is 8.61. The molecule has 0 fully saturated rings. The maximum absolute atomic E-state index is 5.79. The summed E-state index contributed by atoms with van der Waals surface area (Å²) in [5.74, 6) is 0.559. The molecule has 4 heteroatoms. The molecule has 0 radical (unpaired) electrons. The van der Waals surface area contributed by atoms with Gasteiger partial charge in [0, 0.05) is 12.1 Å². The summed E-state index contributed by atoms with van der Waals surface area (Å²) < 4.78 is 0. The Kier molecular flexibility index (Phi) is 7.83. The molecule has 0 unspecified atom stereocenters. The lowest BCUT2D eigenvalue weighted by atomic mass is 9.97. The first-order valence-electron chi connectivity index (χ1n) is 6.23. The number of hydrogen-bond donors (Lipinski definition) is 2. The summed E-state index contributed by atoms with van der Waals surface area (Å²) in [5.41, 5.74) is 7.35. The molecule has 3 nitrogen and oxygen atoms in total. The largest absolute Gasteiger partial charge is 0.370 e. The van der Waals surface area contributed by atoms with E-state index in [-0.39, 0.29) is 29.5 Å². The molecular weight excluding hydrogens is 325 g/mol. The molecule has 0 heterocycles. The van der Waals surface area contributed by atoms with Crippen molar-refractivity contribution in [3.63, 3.8) is 0 Å². The van der Waals surface area contributed by atoms with Crippen LogP contribution >= 0.6 is 24.0 Å². The van der Waals surface area contributed by atoms with Gasteiger partial charge in [0.2, 0.25) is 0 Å². The first-order valence-corrected chi connectivity index (χ1v) is 6.23. The molecule has 17 heavy (non-hydrogen) atoms.